The number of nitriles is 1. The normalized spacial score (nSPS) is 10.7. The molecule has 0 spiro atoms. The quantitative estimate of drug-likeness (QED) is 0.676. The van der Waals surface area contributed by atoms with Crippen molar-refractivity contribution in [1.29, 1.82) is 5.26 Å². The van der Waals surface area contributed by atoms with Gasteiger partial charge in [0.05, 0.1) is 15.6 Å². The minimum atomic E-state index is -0.338. The minimum Gasteiger partial charge on any atom is -0.327 e. The Hall–Kier alpha value is -2.19. The summed E-state index contributed by atoms with van der Waals surface area (Å²) in [6.07, 6.45) is 0. The SMILES string of the molecule is Cn1c(-c2cccc(F)c2Br)nc2c(C#N)cccc21. The lowest BCUT2D eigenvalue weighted by atomic mass is 10.2. The first kappa shape index (κ1) is 12.8. The van der Waals surface area contributed by atoms with Crippen LogP contribution in [0.1, 0.15) is 5.56 Å². The highest BCUT2D eigenvalue weighted by atomic mass is 79.9. The highest BCUT2D eigenvalue weighted by Crippen LogP contribution is 2.32. The Morgan fingerprint density at radius 3 is 2.75 bits per heavy atom. The van der Waals surface area contributed by atoms with Gasteiger partial charge in [0, 0.05) is 12.6 Å². The van der Waals surface area contributed by atoms with Crippen LogP contribution in [0, 0.1) is 17.1 Å². The van der Waals surface area contributed by atoms with E-state index in [9.17, 15) is 4.39 Å². The van der Waals surface area contributed by atoms with Crippen LogP contribution in [0.2, 0.25) is 0 Å². The zero-order valence-corrected chi connectivity index (χ0v) is 12.1. The third-order valence-electron chi connectivity index (χ3n) is 3.22. The Balaban J connectivity index is 2.36. The maximum atomic E-state index is 13.7. The number of nitrogens with zero attached hydrogens (tertiary/aromatic N) is 3. The van der Waals surface area contributed by atoms with Crippen LogP contribution >= 0.6 is 15.9 Å². The van der Waals surface area contributed by atoms with Gasteiger partial charge in [0.15, 0.2) is 0 Å². The van der Waals surface area contributed by atoms with Crippen LogP contribution in [0.3, 0.4) is 0 Å². The van der Waals surface area contributed by atoms with E-state index in [-0.39, 0.29) is 5.82 Å². The lowest BCUT2D eigenvalue weighted by Crippen LogP contribution is -1.94. The van der Waals surface area contributed by atoms with Crippen LogP contribution in [0.5, 0.6) is 0 Å². The van der Waals surface area contributed by atoms with E-state index >= 15 is 0 Å². The molecule has 0 radical (unpaired) electrons. The third-order valence-corrected chi connectivity index (χ3v) is 4.03. The number of aromatic nitrogens is 2. The minimum absolute atomic E-state index is 0.338. The molecule has 0 aliphatic rings. The second kappa shape index (κ2) is 4.73. The first-order valence-corrected chi connectivity index (χ1v) is 6.72. The van der Waals surface area contributed by atoms with Crippen LogP contribution in [0.25, 0.3) is 22.4 Å². The van der Waals surface area contributed by atoms with E-state index in [1.807, 2.05) is 23.7 Å². The molecule has 3 nitrogen and oxygen atoms in total. The largest absolute Gasteiger partial charge is 0.327 e. The molecule has 2 aromatic carbocycles. The summed E-state index contributed by atoms with van der Waals surface area (Å²) in [5.41, 5.74) is 2.64. The Morgan fingerprint density at radius 2 is 2.00 bits per heavy atom. The molecule has 0 saturated heterocycles. The highest BCUT2D eigenvalue weighted by molar-refractivity contribution is 9.10. The fourth-order valence-electron chi connectivity index (χ4n) is 2.22. The van der Waals surface area contributed by atoms with E-state index in [0.29, 0.717) is 26.9 Å². The van der Waals surface area contributed by atoms with Gasteiger partial charge in [-0.05, 0) is 40.2 Å². The summed E-state index contributed by atoms with van der Waals surface area (Å²) in [4.78, 5) is 4.50. The Labute approximate surface area is 123 Å². The average Bonchev–Trinajstić information content (AvgIpc) is 2.79. The summed E-state index contributed by atoms with van der Waals surface area (Å²) in [5.74, 6) is 0.282. The molecule has 3 rings (SSSR count). The van der Waals surface area contributed by atoms with Crippen LogP contribution < -0.4 is 0 Å². The van der Waals surface area contributed by atoms with Crippen molar-refractivity contribution in [3.63, 3.8) is 0 Å². The standard InChI is InChI=1S/C15H9BrFN3/c1-20-12-7-2-4-9(8-18)14(12)19-15(20)10-5-3-6-11(17)13(10)16/h2-7H,1H3. The molecule has 0 aliphatic heterocycles. The summed E-state index contributed by atoms with van der Waals surface area (Å²) >= 11 is 3.25. The van der Waals surface area contributed by atoms with Crippen LogP contribution in [0.15, 0.2) is 40.9 Å². The summed E-state index contributed by atoms with van der Waals surface area (Å²) in [6.45, 7) is 0. The zero-order valence-electron chi connectivity index (χ0n) is 10.6. The Kier molecular flexibility index (Phi) is 3.03. The fourth-order valence-corrected chi connectivity index (χ4v) is 2.66. The fraction of sp³-hybridized carbons (Fsp3) is 0.0667. The number of fused-ring (bicyclic) bond motifs is 1. The molecule has 0 saturated carbocycles. The van der Waals surface area contributed by atoms with Gasteiger partial charge in [0.2, 0.25) is 0 Å². The van der Waals surface area contributed by atoms with Crippen LogP contribution in [-0.4, -0.2) is 9.55 Å². The highest BCUT2D eigenvalue weighted by Gasteiger charge is 2.16. The Bertz CT molecular complexity index is 861. The molecule has 3 aromatic rings. The molecule has 0 atom stereocenters. The van der Waals surface area contributed by atoms with Gasteiger partial charge >= 0.3 is 0 Å². The zero-order chi connectivity index (χ0) is 14.3. The van der Waals surface area contributed by atoms with Crippen molar-refractivity contribution in [3.8, 4) is 17.5 Å². The molecule has 0 aliphatic carbocycles. The summed E-state index contributed by atoms with van der Waals surface area (Å²) < 4.78 is 15.9. The molecule has 5 heteroatoms. The summed E-state index contributed by atoms with van der Waals surface area (Å²) in [6, 6.07) is 12.4. The van der Waals surface area contributed by atoms with Crippen molar-refractivity contribution in [1.82, 2.24) is 9.55 Å². The molecule has 0 unspecified atom stereocenters. The lowest BCUT2D eigenvalue weighted by Gasteiger charge is -2.05. The predicted octanol–water partition coefficient (Wildman–Crippen LogP) is 4.01. The van der Waals surface area contributed by atoms with E-state index < -0.39 is 0 Å². The maximum Gasteiger partial charge on any atom is 0.142 e. The van der Waals surface area contributed by atoms with Crippen molar-refractivity contribution >= 4 is 27.0 Å². The van der Waals surface area contributed by atoms with Crippen molar-refractivity contribution in [2.45, 2.75) is 0 Å². The van der Waals surface area contributed by atoms with Gasteiger partial charge in [-0.15, -0.1) is 0 Å². The number of rotatable bonds is 1. The number of benzene rings is 2. The van der Waals surface area contributed by atoms with Crippen molar-refractivity contribution in [2.75, 3.05) is 0 Å². The molecule has 0 N–H and O–H groups in total. The number of aryl methyl sites for hydroxylation is 1. The Morgan fingerprint density at radius 1 is 1.25 bits per heavy atom. The van der Waals surface area contributed by atoms with Gasteiger partial charge in [-0.1, -0.05) is 12.1 Å². The van der Waals surface area contributed by atoms with E-state index in [4.69, 9.17) is 5.26 Å². The topological polar surface area (TPSA) is 41.6 Å². The summed E-state index contributed by atoms with van der Waals surface area (Å²) in [7, 11) is 1.85. The molecular formula is C15H9BrFN3. The van der Waals surface area contributed by atoms with Crippen molar-refractivity contribution in [2.24, 2.45) is 7.05 Å². The molecule has 1 heterocycles. The average molecular weight is 330 g/mol. The molecule has 20 heavy (non-hydrogen) atoms. The van der Waals surface area contributed by atoms with E-state index in [0.717, 1.165) is 5.52 Å². The maximum absolute atomic E-state index is 13.7. The molecule has 98 valence electrons. The molecular weight excluding hydrogens is 321 g/mol. The van der Waals surface area contributed by atoms with Gasteiger partial charge in [0.1, 0.15) is 23.2 Å². The van der Waals surface area contributed by atoms with Gasteiger partial charge in [-0.2, -0.15) is 5.26 Å². The number of halogens is 2. The van der Waals surface area contributed by atoms with Crippen molar-refractivity contribution in [3.05, 3.63) is 52.3 Å². The van der Waals surface area contributed by atoms with Crippen LogP contribution in [0.4, 0.5) is 4.39 Å². The van der Waals surface area contributed by atoms with Crippen LogP contribution in [-0.2, 0) is 7.05 Å². The second-order valence-electron chi connectivity index (χ2n) is 4.38. The van der Waals surface area contributed by atoms with E-state index in [1.165, 1.54) is 6.07 Å². The van der Waals surface area contributed by atoms with Gasteiger partial charge in [0.25, 0.3) is 0 Å². The molecule has 0 amide bonds. The molecule has 0 fully saturated rings. The van der Waals surface area contributed by atoms with Gasteiger partial charge in [-0.25, -0.2) is 9.37 Å². The van der Waals surface area contributed by atoms with E-state index in [2.05, 4.69) is 27.0 Å². The lowest BCUT2D eigenvalue weighted by molar-refractivity contribution is 0.621. The van der Waals surface area contributed by atoms with Gasteiger partial charge < -0.3 is 4.57 Å². The third kappa shape index (κ3) is 1.81. The number of hydrogen-bond acceptors (Lipinski definition) is 2. The van der Waals surface area contributed by atoms with Crippen molar-refractivity contribution < 1.29 is 4.39 Å². The summed E-state index contributed by atoms with van der Waals surface area (Å²) in [5, 5.41) is 9.14. The van der Waals surface area contributed by atoms with Gasteiger partial charge in [-0.3, -0.25) is 0 Å². The van der Waals surface area contributed by atoms with E-state index in [1.54, 1.807) is 18.2 Å². The number of imidazole rings is 1. The number of para-hydroxylation sites is 1. The molecule has 0 bridgehead atoms. The second-order valence-corrected chi connectivity index (χ2v) is 5.17. The predicted molar refractivity (Wildman–Crippen MR) is 78.5 cm³/mol. The smallest absolute Gasteiger partial charge is 0.142 e. The first-order valence-electron chi connectivity index (χ1n) is 5.93. The monoisotopic (exact) mass is 329 g/mol. The molecule has 1 aromatic heterocycles. The number of hydrogen-bond donors (Lipinski definition) is 0. The first-order chi connectivity index (χ1) is 9.63.